The quantitative estimate of drug-likeness (QED) is 0.476. The van der Waals surface area contributed by atoms with Crippen LogP contribution in [0.15, 0.2) is 18.2 Å². The van der Waals surface area contributed by atoms with Crippen LogP contribution in [-0.4, -0.2) is 49.7 Å². The van der Waals surface area contributed by atoms with Crippen LogP contribution in [0.5, 0.6) is 11.5 Å². The topological polar surface area (TPSA) is 50.8 Å². The van der Waals surface area contributed by atoms with Crippen molar-refractivity contribution in [3.63, 3.8) is 0 Å². The normalized spacial score (nSPS) is 18.0. The van der Waals surface area contributed by atoms with Gasteiger partial charge < -0.3 is 19.7 Å². The summed E-state index contributed by atoms with van der Waals surface area (Å²) in [5.74, 6) is 2.71. The molecule has 2 heterocycles. The second-order valence-electron chi connectivity index (χ2n) is 9.26. The molecule has 1 atom stereocenters. The molecule has 1 fully saturated rings. The second-order valence-corrected chi connectivity index (χ2v) is 9.26. The highest BCUT2D eigenvalue weighted by Gasteiger charge is 2.23. The molecule has 0 aromatic heterocycles. The van der Waals surface area contributed by atoms with Crippen LogP contribution >= 0.6 is 0 Å². The summed E-state index contributed by atoms with van der Waals surface area (Å²) < 4.78 is 11.4. The largest absolute Gasteiger partial charge is 0.486 e. The predicted molar refractivity (Wildman–Crippen MR) is 126 cm³/mol. The van der Waals surface area contributed by atoms with Gasteiger partial charge in [0.25, 0.3) is 0 Å². The molecule has 0 spiro atoms. The summed E-state index contributed by atoms with van der Waals surface area (Å²) >= 11 is 0. The molecule has 1 amide bonds. The molecule has 31 heavy (non-hydrogen) atoms. The zero-order valence-electron chi connectivity index (χ0n) is 19.7. The minimum atomic E-state index is 0.129. The number of likely N-dealkylation sites (tertiary alicyclic amines) is 1. The number of piperidine rings is 1. The number of unbranched alkanes of at least 4 members (excludes halogenated alkanes) is 4. The van der Waals surface area contributed by atoms with Gasteiger partial charge in [-0.3, -0.25) is 4.79 Å². The molecular weight excluding hydrogens is 388 g/mol. The van der Waals surface area contributed by atoms with Crippen LogP contribution in [0.3, 0.4) is 0 Å². The zero-order chi connectivity index (χ0) is 21.9. The van der Waals surface area contributed by atoms with E-state index in [1.807, 2.05) is 6.07 Å². The SMILES string of the molecule is CCCCCCCC(=O)N[C@@H](Cc1ccc2c(c1)OCCO2)CN1CCC(CC)CC1. The third-order valence-electron chi connectivity index (χ3n) is 6.72. The molecule has 0 saturated carbocycles. The average Bonchev–Trinajstić information content (AvgIpc) is 2.79. The van der Waals surface area contributed by atoms with Crippen molar-refractivity contribution in [2.75, 3.05) is 32.8 Å². The molecular formula is C26H42N2O3. The first kappa shape index (κ1) is 23.9. The minimum Gasteiger partial charge on any atom is -0.486 e. The molecule has 0 radical (unpaired) electrons. The lowest BCUT2D eigenvalue weighted by Gasteiger charge is -2.34. The van der Waals surface area contributed by atoms with Crippen LogP contribution in [0, 0.1) is 5.92 Å². The maximum atomic E-state index is 12.7. The Kier molecular flexibility index (Phi) is 9.98. The summed E-state index contributed by atoms with van der Waals surface area (Å²) in [6, 6.07) is 6.33. The van der Waals surface area contributed by atoms with Crippen molar-refractivity contribution in [1.82, 2.24) is 10.2 Å². The first-order valence-electron chi connectivity index (χ1n) is 12.6. The molecule has 1 aromatic rings. The van der Waals surface area contributed by atoms with E-state index in [1.54, 1.807) is 0 Å². The van der Waals surface area contributed by atoms with Crippen LogP contribution in [0.1, 0.15) is 77.2 Å². The van der Waals surface area contributed by atoms with E-state index in [-0.39, 0.29) is 11.9 Å². The van der Waals surface area contributed by atoms with Gasteiger partial charge >= 0.3 is 0 Å². The third-order valence-corrected chi connectivity index (χ3v) is 6.72. The molecule has 2 aliphatic rings. The Morgan fingerprint density at radius 1 is 1.06 bits per heavy atom. The van der Waals surface area contributed by atoms with Gasteiger partial charge in [-0.25, -0.2) is 0 Å². The maximum absolute atomic E-state index is 12.7. The van der Waals surface area contributed by atoms with Gasteiger partial charge in [-0.15, -0.1) is 0 Å². The monoisotopic (exact) mass is 430 g/mol. The molecule has 1 saturated heterocycles. The smallest absolute Gasteiger partial charge is 0.220 e. The maximum Gasteiger partial charge on any atom is 0.220 e. The molecule has 3 rings (SSSR count). The molecule has 1 aromatic carbocycles. The number of fused-ring (bicyclic) bond motifs is 1. The summed E-state index contributed by atoms with van der Waals surface area (Å²) in [6.07, 6.45) is 11.2. The van der Waals surface area contributed by atoms with Crippen molar-refractivity contribution in [3.8, 4) is 11.5 Å². The van der Waals surface area contributed by atoms with E-state index in [1.165, 1.54) is 44.1 Å². The van der Waals surface area contributed by atoms with E-state index in [0.29, 0.717) is 19.6 Å². The van der Waals surface area contributed by atoms with E-state index in [9.17, 15) is 4.79 Å². The Bertz CT molecular complexity index is 671. The molecule has 0 unspecified atom stereocenters. The number of benzene rings is 1. The van der Waals surface area contributed by atoms with Crippen molar-refractivity contribution >= 4 is 5.91 Å². The van der Waals surface area contributed by atoms with Gasteiger partial charge in [0.1, 0.15) is 13.2 Å². The number of nitrogens with zero attached hydrogens (tertiary/aromatic N) is 1. The molecule has 5 nitrogen and oxygen atoms in total. The molecule has 2 aliphatic heterocycles. The minimum absolute atomic E-state index is 0.129. The van der Waals surface area contributed by atoms with Crippen molar-refractivity contribution in [2.45, 2.75) is 84.1 Å². The Morgan fingerprint density at radius 3 is 2.55 bits per heavy atom. The molecule has 0 bridgehead atoms. The Hall–Kier alpha value is -1.75. The number of nitrogens with one attached hydrogen (secondary N) is 1. The van der Waals surface area contributed by atoms with Gasteiger partial charge in [-0.1, -0.05) is 52.0 Å². The van der Waals surface area contributed by atoms with Gasteiger partial charge in [0.05, 0.1) is 0 Å². The van der Waals surface area contributed by atoms with Crippen LogP contribution in [0.2, 0.25) is 0 Å². The van der Waals surface area contributed by atoms with E-state index < -0.39 is 0 Å². The summed E-state index contributed by atoms with van der Waals surface area (Å²) in [5, 5.41) is 3.36. The third kappa shape index (κ3) is 8.03. The summed E-state index contributed by atoms with van der Waals surface area (Å²) in [4.78, 5) is 15.2. The molecule has 174 valence electrons. The first-order chi connectivity index (χ1) is 15.2. The lowest BCUT2D eigenvalue weighted by molar-refractivity contribution is -0.122. The van der Waals surface area contributed by atoms with Crippen LogP contribution in [0.4, 0.5) is 0 Å². The highest BCUT2D eigenvalue weighted by atomic mass is 16.6. The van der Waals surface area contributed by atoms with Crippen molar-refractivity contribution < 1.29 is 14.3 Å². The predicted octanol–water partition coefficient (Wildman–Crippen LogP) is 4.97. The summed E-state index contributed by atoms with van der Waals surface area (Å²) in [5.41, 5.74) is 1.20. The van der Waals surface area contributed by atoms with Crippen molar-refractivity contribution in [3.05, 3.63) is 23.8 Å². The lowest BCUT2D eigenvalue weighted by Crippen LogP contribution is -2.47. The van der Waals surface area contributed by atoms with Gasteiger partial charge in [0.15, 0.2) is 11.5 Å². The summed E-state index contributed by atoms with van der Waals surface area (Å²) in [6.45, 7) is 8.93. The van der Waals surface area contributed by atoms with Gasteiger partial charge in [-0.05, 0) is 62.4 Å². The average molecular weight is 431 g/mol. The number of amides is 1. The summed E-state index contributed by atoms with van der Waals surface area (Å²) in [7, 11) is 0. The highest BCUT2D eigenvalue weighted by molar-refractivity contribution is 5.76. The van der Waals surface area contributed by atoms with Gasteiger partial charge in [-0.2, -0.15) is 0 Å². The Morgan fingerprint density at radius 2 is 1.81 bits per heavy atom. The fourth-order valence-electron chi connectivity index (χ4n) is 4.74. The van der Waals surface area contributed by atoms with Gasteiger partial charge in [0.2, 0.25) is 5.91 Å². The Balaban J connectivity index is 1.56. The molecule has 1 N–H and O–H groups in total. The number of hydrogen-bond donors (Lipinski definition) is 1. The van der Waals surface area contributed by atoms with Crippen LogP contribution in [0.25, 0.3) is 0 Å². The van der Waals surface area contributed by atoms with E-state index >= 15 is 0 Å². The zero-order valence-corrected chi connectivity index (χ0v) is 19.7. The van der Waals surface area contributed by atoms with E-state index in [4.69, 9.17) is 9.47 Å². The number of carbonyl (C=O) groups is 1. The van der Waals surface area contributed by atoms with E-state index in [2.05, 4.69) is 36.2 Å². The van der Waals surface area contributed by atoms with E-state index in [0.717, 1.165) is 56.3 Å². The standard InChI is InChI=1S/C26H42N2O3/c1-3-5-6-7-8-9-26(29)27-23(20-28-14-12-21(4-2)13-15-28)18-22-10-11-24-25(19-22)31-17-16-30-24/h10-11,19,21,23H,3-9,12-18,20H2,1-2H3,(H,27,29)/t23-/m0/s1. The lowest BCUT2D eigenvalue weighted by atomic mass is 9.94. The number of ether oxygens (including phenoxy) is 2. The number of hydrogen-bond acceptors (Lipinski definition) is 4. The Labute approximate surface area is 188 Å². The first-order valence-corrected chi connectivity index (χ1v) is 12.6. The number of rotatable bonds is 12. The number of carbonyl (C=O) groups excluding carboxylic acids is 1. The van der Waals surface area contributed by atoms with Gasteiger partial charge in [0, 0.05) is 19.0 Å². The molecule has 0 aliphatic carbocycles. The molecule has 5 heteroatoms. The van der Waals surface area contributed by atoms with Crippen molar-refractivity contribution in [1.29, 1.82) is 0 Å². The van der Waals surface area contributed by atoms with Crippen LogP contribution < -0.4 is 14.8 Å². The second kappa shape index (κ2) is 12.9. The van der Waals surface area contributed by atoms with Crippen LogP contribution in [-0.2, 0) is 11.2 Å². The highest BCUT2D eigenvalue weighted by Crippen LogP contribution is 2.31. The van der Waals surface area contributed by atoms with Crippen molar-refractivity contribution in [2.24, 2.45) is 5.92 Å². The fraction of sp³-hybridized carbons (Fsp3) is 0.731. The fourth-order valence-corrected chi connectivity index (χ4v) is 4.74.